The summed E-state index contributed by atoms with van der Waals surface area (Å²) in [5.41, 5.74) is 5.28. The number of rotatable bonds is 2. The molecule has 2 amide bonds. The average molecular weight is 247 g/mol. The minimum atomic E-state index is -1.15. The third-order valence-corrected chi connectivity index (χ3v) is 2.77. The van der Waals surface area contributed by atoms with Gasteiger partial charge in [-0.1, -0.05) is 0 Å². The highest BCUT2D eigenvalue weighted by molar-refractivity contribution is 5.77. The van der Waals surface area contributed by atoms with Gasteiger partial charge in [-0.15, -0.1) is 0 Å². The molecule has 5 N–H and O–H groups in total. The molecule has 2 rings (SSSR count). The first-order valence-electron chi connectivity index (χ1n) is 5.19. The van der Waals surface area contributed by atoms with Crippen LogP contribution in [-0.2, 0) is 4.74 Å². The molecule has 1 fully saturated rings. The third kappa shape index (κ3) is 2.25. The highest BCUT2D eigenvalue weighted by atomic mass is 19.1. The van der Waals surface area contributed by atoms with Crippen molar-refractivity contribution in [3.63, 3.8) is 0 Å². The molecule has 2 aliphatic rings. The second kappa shape index (κ2) is 4.57. The normalized spacial score (nSPS) is 38.0. The molecule has 96 valence electrons. The molecule has 2 heterocycles. The van der Waals surface area contributed by atoms with Crippen molar-refractivity contribution in [2.24, 2.45) is 5.73 Å². The van der Waals surface area contributed by atoms with Crippen molar-refractivity contribution in [3.8, 4) is 0 Å². The second-order valence-corrected chi connectivity index (χ2v) is 3.96. The van der Waals surface area contributed by atoms with E-state index in [0.29, 0.717) is 0 Å². The quantitative estimate of drug-likeness (QED) is 0.479. The van der Waals surface area contributed by atoms with E-state index in [-0.39, 0.29) is 13.0 Å². The van der Waals surface area contributed by atoms with Crippen molar-refractivity contribution in [3.05, 3.63) is 12.0 Å². The van der Waals surface area contributed by atoms with Gasteiger partial charge >= 0.3 is 6.03 Å². The molecule has 0 aromatic rings. The fourth-order valence-corrected chi connectivity index (χ4v) is 1.81. The summed E-state index contributed by atoms with van der Waals surface area (Å²) >= 11 is 0. The largest absolute Gasteiger partial charge is 0.394 e. The molecule has 2 aliphatic heterocycles. The second-order valence-electron chi connectivity index (χ2n) is 3.96. The summed E-state index contributed by atoms with van der Waals surface area (Å²) in [6, 6.07) is -0.602. The lowest BCUT2D eigenvalue weighted by Gasteiger charge is -2.30. The topological polar surface area (TPSA) is 108 Å². The minimum Gasteiger partial charge on any atom is -0.394 e. The van der Waals surface area contributed by atoms with Crippen LogP contribution in [-0.4, -0.2) is 52.4 Å². The summed E-state index contributed by atoms with van der Waals surface area (Å²) in [5, 5.41) is 20.6. The molecular formula is C9H14FN3O4. The van der Waals surface area contributed by atoms with Gasteiger partial charge in [-0.2, -0.15) is 0 Å². The van der Waals surface area contributed by atoms with Gasteiger partial charge < -0.3 is 26.0 Å². The minimum absolute atomic E-state index is 0.109. The lowest BCUT2D eigenvalue weighted by molar-refractivity contribution is -0.0549. The van der Waals surface area contributed by atoms with Gasteiger partial charge in [-0.05, 0) is 0 Å². The molecule has 0 aromatic carbocycles. The number of aliphatic hydroxyl groups excluding tert-OH is 2. The fraction of sp³-hybridized carbons (Fsp3) is 0.667. The monoisotopic (exact) mass is 247 g/mol. The van der Waals surface area contributed by atoms with E-state index in [2.05, 4.69) is 5.32 Å². The summed E-state index contributed by atoms with van der Waals surface area (Å²) in [5.74, 6) is -0.699. The van der Waals surface area contributed by atoms with Gasteiger partial charge in [0.25, 0.3) is 0 Å². The Labute approximate surface area is 96.6 Å². The lowest BCUT2D eigenvalue weighted by atomic mass is 10.2. The SMILES string of the molecule is NC1NC(=O)N([C@H]2C[C@@H](O)C(CO)O2)C=C1F. The van der Waals surface area contributed by atoms with Gasteiger partial charge in [0.1, 0.15) is 18.5 Å². The van der Waals surface area contributed by atoms with Gasteiger partial charge in [0.15, 0.2) is 5.83 Å². The third-order valence-electron chi connectivity index (χ3n) is 2.77. The number of nitrogens with zero attached hydrogens (tertiary/aromatic N) is 1. The Bertz CT molecular complexity index is 351. The number of aliphatic hydroxyl groups is 2. The first-order chi connectivity index (χ1) is 8.02. The van der Waals surface area contributed by atoms with Gasteiger partial charge in [0, 0.05) is 12.6 Å². The predicted octanol–water partition coefficient (Wildman–Crippen LogP) is -1.42. The zero-order chi connectivity index (χ0) is 12.6. The summed E-state index contributed by atoms with van der Waals surface area (Å²) in [6.07, 6.45) is -2.55. The van der Waals surface area contributed by atoms with E-state index in [1.807, 2.05) is 0 Å². The van der Waals surface area contributed by atoms with Crippen LogP contribution in [0.5, 0.6) is 0 Å². The van der Waals surface area contributed by atoms with Crippen LogP contribution in [0.2, 0.25) is 0 Å². The van der Waals surface area contributed by atoms with Crippen LogP contribution in [0.25, 0.3) is 0 Å². The van der Waals surface area contributed by atoms with Crippen LogP contribution in [0.15, 0.2) is 12.0 Å². The molecule has 7 nitrogen and oxygen atoms in total. The van der Waals surface area contributed by atoms with E-state index >= 15 is 0 Å². The number of urea groups is 1. The number of hydrogen-bond acceptors (Lipinski definition) is 5. The zero-order valence-corrected chi connectivity index (χ0v) is 8.91. The Morgan fingerprint density at radius 2 is 2.41 bits per heavy atom. The molecule has 0 spiro atoms. The Balaban J connectivity index is 2.11. The molecule has 0 saturated carbocycles. The Kier molecular flexibility index (Phi) is 3.29. The maximum Gasteiger partial charge on any atom is 0.325 e. The maximum atomic E-state index is 13.2. The number of nitrogens with one attached hydrogen (secondary N) is 1. The van der Waals surface area contributed by atoms with Gasteiger partial charge in [-0.25, -0.2) is 9.18 Å². The molecule has 0 bridgehead atoms. The number of carbonyl (C=O) groups is 1. The fourth-order valence-electron chi connectivity index (χ4n) is 1.81. The highest BCUT2D eigenvalue weighted by Crippen LogP contribution is 2.25. The summed E-state index contributed by atoms with van der Waals surface area (Å²) in [6.45, 7) is -0.362. The van der Waals surface area contributed by atoms with Crippen LogP contribution in [0.4, 0.5) is 9.18 Å². The average Bonchev–Trinajstić information content (AvgIpc) is 2.65. The van der Waals surface area contributed by atoms with Crippen molar-refractivity contribution >= 4 is 6.03 Å². The highest BCUT2D eigenvalue weighted by Gasteiger charge is 2.40. The first kappa shape index (κ1) is 12.2. The molecule has 8 heteroatoms. The van der Waals surface area contributed by atoms with Crippen molar-refractivity contribution in [2.45, 2.75) is 31.0 Å². The van der Waals surface area contributed by atoms with E-state index in [4.69, 9.17) is 15.6 Å². The molecular weight excluding hydrogens is 233 g/mol. The van der Waals surface area contributed by atoms with Gasteiger partial charge in [-0.3, -0.25) is 4.90 Å². The van der Waals surface area contributed by atoms with Gasteiger partial charge in [0.05, 0.1) is 12.7 Å². The summed E-state index contributed by atoms with van der Waals surface area (Å²) in [4.78, 5) is 12.5. The van der Waals surface area contributed by atoms with E-state index < -0.39 is 36.5 Å². The van der Waals surface area contributed by atoms with Crippen LogP contribution < -0.4 is 11.1 Å². The van der Waals surface area contributed by atoms with Crippen LogP contribution >= 0.6 is 0 Å². The molecule has 2 unspecified atom stereocenters. The number of halogens is 1. The van der Waals surface area contributed by atoms with E-state index in [9.17, 15) is 14.3 Å². The van der Waals surface area contributed by atoms with Crippen LogP contribution in [0, 0.1) is 0 Å². The van der Waals surface area contributed by atoms with Crippen molar-refractivity contribution < 1.29 is 24.1 Å². The number of amides is 2. The van der Waals surface area contributed by atoms with E-state index in [1.54, 1.807) is 0 Å². The predicted molar refractivity (Wildman–Crippen MR) is 53.9 cm³/mol. The Hall–Kier alpha value is -1.22. The number of hydrogen-bond donors (Lipinski definition) is 4. The maximum absolute atomic E-state index is 13.2. The molecule has 0 radical (unpaired) electrons. The Morgan fingerprint density at radius 1 is 1.71 bits per heavy atom. The van der Waals surface area contributed by atoms with E-state index in [1.165, 1.54) is 0 Å². The van der Waals surface area contributed by atoms with Gasteiger partial charge in [0.2, 0.25) is 0 Å². The smallest absolute Gasteiger partial charge is 0.325 e. The lowest BCUT2D eigenvalue weighted by Crippen LogP contribution is -2.54. The van der Waals surface area contributed by atoms with Crippen molar-refractivity contribution in [1.82, 2.24) is 10.2 Å². The summed E-state index contributed by atoms with van der Waals surface area (Å²) < 4.78 is 18.5. The number of carbonyl (C=O) groups excluding carboxylic acids is 1. The van der Waals surface area contributed by atoms with Crippen molar-refractivity contribution in [2.75, 3.05) is 6.61 Å². The standard InChI is InChI=1S/C9H14FN3O4/c10-4-2-13(9(16)12-8(4)11)7-1-5(15)6(3-14)17-7/h2,5-8,14-15H,1,3,11H2,(H,12,16)/t5-,6?,7-,8?/m1/s1. The molecule has 1 saturated heterocycles. The zero-order valence-electron chi connectivity index (χ0n) is 8.91. The van der Waals surface area contributed by atoms with Crippen LogP contribution in [0.3, 0.4) is 0 Å². The van der Waals surface area contributed by atoms with E-state index in [0.717, 1.165) is 11.1 Å². The number of ether oxygens (including phenoxy) is 1. The number of nitrogens with two attached hydrogens (primary N) is 1. The molecule has 0 aliphatic carbocycles. The van der Waals surface area contributed by atoms with Crippen molar-refractivity contribution in [1.29, 1.82) is 0 Å². The molecule has 4 atom stereocenters. The molecule has 17 heavy (non-hydrogen) atoms. The Morgan fingerprint density at radius 3 is 3.00 bits per heavy atom. The molecule has 0 aromatic heterocycles. The first-order valence-corrected chi connectivity index (χ1v) is 5.19. The summed E-state index contributed by atoms with van der Waals surface area (Å²) in [7, 11) is 0. The van der Waals surface area contributed by atoms with Crippen LogP contribution in [0.1, 0.15) is 6.42 Å².